The number of pyridine rings is 2. The molecule has 4 aromatic heterocycles. The van der Waals surface area contributed by atoms with Crippen molar-refractivity contribution in [3.05, 3.63) is 155 Å². The topological polar surface area (TPSA) is 52.1 Å². The Morgan fingerprint density at radius 1 is 0.549 bits per heavy atom. The first kappa shape index (κ1) is 34.1. The predicted octanol–water partition coefficient (Wildman–Crippen LogP) is 12.4. The molecular formula is C46H36IrN2O2-2. The van der Waals surface area contributed by atoms with Crippen LogP contribution in [0.3, 0.4) is 0 Å². The number of hydrogen-bond acceptors (Lipinski definition) is 4. The summed E-state index contributed by atoms with van der Waals surface area (Å²) < 4.78 is 13.2. The summed E-state index contributed by atoms with van der Waals surface area (Å²) in [5, 5.41) is 4.37. The van der Waals surface area contributed by atoms with Gasteiger partial charge in [-0.2, -0.15) is 0 Å². The fourth-order valence-corrected chi connectivity index (χ4v) is 6.82. The van der Waals surface area contributed by atoms with Gasteiger partial charge in [0.25, 0.3) is 0 Å². The van der Waals surface area contributed by atoms with Crippen molar-refractivity contribution in [3.63, 3.8) is 0 Å². The fourth-order valence-electron chi connectivity index (χ4n) is 6.82. The van der Waals surface area contributed by atoms with E-state index in [4.69, 9.17) is 8.83 Å². The molecule has 0 unspecified atom stereocenters. The molecule has 0 atom stereocenters. The zero-order valence-electron chi connectivity index (χ0n) is 29.4. The molecule has 0 amide bonds. The molecule has 0 saturated heterocycles. The molecule has 253 valence electrons. The number of aromatic nitrogens is 2. The summed E-state index contributed by atoms with van der Waals surface area (Å²) in [6, 6.07) is 39.6. The number of rotatable bonds is 3. The molecule has 0 bridgehead atoms. The Morgan fingerprint density at radius 3 is 1.90 bits per heavy atom. The van der Waals surface area contributed by atoms with Gasteiger partial charge in [-0.05, 0) is 79.9 Å². The molecule has 5 heteroatoms. The van der Waals surface area contributed by atoms with Crippen LogP contribution in [0.1, 0.15) is 33.4 Å². The van der Waals surface area contributed by atoms with Crippen LogP contribution < -0.4 is 0 Å². The van der Waals surface area contributed by atoms with Gasteiger partial charge < -0.3 is 18.8 Å². The van der Waals surface area contributed by atoms with E-state index in [2.05, 4.69) is 130 Å². The summed E-state index contributed by atoms with van der Waals surface area (Å²) in [6.45, 7) is 12.6. The van der Waals surface area contributed by atoms with Crippen molar-refractivity contribution in [2.75, 3.05) is 0 Å². The Kier molecular flexibility index (Phi) is 9.20. The van der Waals surface area contributed by atoms with Gasteiger partial charge in [-0.3, -0.25) is 0 Å². The van der Waals surface area contributed by atoms with Gasteiger partial charge in [-0.15, -0.1) is 71.3 Å². The maximum absolute atomic E-state index is 6.65. The SMILES string of the molecule is Cc1c[c-]c(-c2cc(C)c(C)cn2)cc1.Cc1cccc2c1oc1c2c(-c2ccnc(-c3[c-]cccc3)c2)c(C)c2oc3c(C)cccc3c21.[Ir]. The average Bonchev–Trinajstić information content (AvgIpc) is 3.72. The van der Waals surface area contributed by atoms with Crippen molar-refractivity contribution >= 4 is 43.9 Å². The first-order valence-electron chi connectivity index (χ1n) is 16.9. The van der Waals surface area contributed by atoms with Crippen LogP contribution in [0.4, 0.5) is 0 Å². The quantitative estimate of drug-likeness (QED) is 0.166. The van der Waals surface area contributed by atoms with E-state index in [1.54, 1.807) is 0 Å². The van der Waals surface area contributed by atoms with Gasteiger partial charge in [-0.25, -0.2) is 0 Å². The van der Waals surface area contributed by atoms with Gasteiger partial charge >= 0.3 is 0 Å². The second kappa shape index (κ2) is 13.8. The number of furan rings is 2. The number of fused-ring (bicyclic) bond motifs is 7. The van der Waals surface area contributed by atoms with Crippen LogP contribution >= 0.6 is 0 Å². The van der Waals surface area contributed by atoms with E-state index in [1.807, 2.05) is 42.7 Å². The van der Waals surface area contributed by atoms with Crippen LogP contribution in [-0.2, 0) is 20.1 Å². The molecular weight excluding hydrogens is 805 g/mol. The number of para-hydroxylation sites is 2. The Hall–Kier alpha value is -5.35. The summed E-state index contributed by atoms with van der Waals surface area (Å²) in [4.78, 5) is 9.05. The third-order valence-corrected chi connectivity index (χ3v) is 9.67. The monoisotopic (exact) mass is 841 g/mol. The molecule has 0 fully saturated rings. The minimum atomic E-state index is 0. The van der Waals surface area contributed by atoms with Crippen molar-refractivity contribution in [2.45, 2.75) is 41.5 Å². The number of aryl methyl sites for hydroxylation is 6. The summed E-state index contributed by atoms with van der Waals surface area (Å²) >= 11 is 0. The van der Waals surface area contributed by atoms with Gasteiger partial charge in [-0.1, -0.05) is 61.0 Å². The van der Waals surface area contributed by atoms with Crippen molar-refractivity contribution in [1.82, 2.24) is 9.97 Å². The first-order chi connectivity index (χ1) is 24.3. The van der Waals surface area contributed by atoms with Crippen LogP contribution in [0.2, 0.25) is 0 Å². The summed E-state index contributed by atoms with van der Waals surface area (Å²) in [5.41, 5.74) is 16.8. The van der Waals surface area contributed by atoms with Crippen LogP contribution in [0.5, 0.6) is 0 Å². The molecule has 0 N–H and O–H groups in total. The number of nitrogens with zero attached hydrogens (tertiary/aromatic N) is 2. The molecule has 1 radical (unpaired) electrons. The summed E-state index contributed by atoms with van der Waals surface area (Å²) in [6.07, 6.45) is 3.79. The van der Waals surface area contributed by atoms with Crippen LogP contribution in [0, 0.1) is 53.7 Å². The Morgan fingerprint density at radius 2 is 1.24 bits per heavy atom. The van der Waals surface area contributed by atoms with Crippen LogP contribution in [0.25, 0.3) is 77.5 Å². The average molecular weight is 841 g/mol. The number of hydrogen-bond donors (Lipinski definition) is 0. The molecule has 0 saturated carbocycles. The van der Waals surface area contributed by atoms with Crippen LogP contribution in [-0.4, -0.2) is 9.97 Å². The van der Waals surface area contributed by atoms with Gasteiger partial charge in [0.05, 0.1) is 5.39 Å². The van der Waals surface area contributed by atoms with E-state index in [-0.39, 0.29) is 20.1 Å². The Balaban J connectivity index is 0.000000214. The number of benzene rings is 5. The van der Waals surface area contributed by atoms with E-state index in [0.29, 0.717) is 0 Å². The second-order valence-corrected chi connectivity index (χ2v) is 13.2. The minimum Gasteiger partial charge on any atom is -0.455 e. The standard InChI is InChI=1S/C32H22NO2.C14H14N.Ir/c1-18-9-7-13-23-27-26(22-15-16-33-25(17-22)21-11-5-4-6-12-21)20(3)31-28(32(27)35-29(18)23)24-14-8-10-19(2)30(24)34-31;1-10-4-6-13(7-5-10)14-8-11(2)12(3)9-15-14;/h4-11,13-17H,1-3H3;4-6,8-9H,1-3H3;/q2*-1;. The summed E-state index contributed by atoms with van der Waals surface area (Å²) in [7, 11) is 0. The third-order valence-electron chi connectivity index (χ3n) is 9.67. The Labute approximate surface area is 311 Å². The molecule has 51 heavy (non-hydrogen) atoms. The van der Waals surface area contributed by atoms with Gasteiger partial charge in [0.1, 0.15) is 22.3 Å². The van der Waals surface area contributed by atoms with Crippen LogP contribution in [0.15, 0.2) is 118 Å². The maximum Gasteiger partial charge on any atom is 0.147 e. The fraction of sp³-hybridized carbons (Fsp3) is 0.130. The third kappa shape index (κ3) is 6.07. The maximum atomic E-state index is 6.65. The molecule has 0 spiro atoms. The normalized spacial score (nSPS) is 11.2. The minimum absolute atomic E-state index is 0. The van der Waals surface area contributed by atoms with E-state index < -0.39 is 0 Å². The molecule has 9 aromatic rings. The largest absolute Gasteiger partial charge is 0.455 e. The Bertz CT molecular complexity index is 2700. The molecule has 5 aromatic carbocycles. The molecule has 4 nitrogen and oxygen atoms in total. The van der Waals surface area contributed by atoms with Gasteiger partial charge in [0.15, 0.2) is 0 Å². The van der Waals surface area contributed by atoms with Crippen molar-refractivity contribution in [3.8, 4) is 33.6 Å². The zero-order valence-corrected chi connectivity index (χ0v) is 31.8. The van der Waals surface area contributed by atoms with E-state index in [1.165, 1.54) is 16.7 Å². The van der Waals surface area contributed by atoms with E-state index in [0.717, 1.165) is 94.2 Å². The van der Waals surface area contributed by atoms with E-state index >= 15 is 0 Å². The van der Waals surface area contributed by atoms with E-state index in [9.17, 15) is 0 Å². The van der Waals surface area contributed by atoms with Crippen molar-refractivity contribution in [1.29, 1.82) is 0 Å². The zero-order chi connectivity index (χ0) is 34.5. The summed E-state index contributed by atoms with van der Waals surface area (Å²) in [5.74, 6) is 0. The predicted molar refractivity (Wildman–Crippen MR) is 205 cm³/mol. The second-order valence-electron chi connectivity index (χ2n) is 13.2. The first-order valence-corrected chi connectivity index (χ1v) is 16.9. The van der Waals surface area contributed by atoms with Gasteiger partial charge in [0, 0.05) is 54.2 Å². The molecule has 0 aliphatic rings. The van der Waals surface area contributed by atoms with Crippen molar-refractivity contribution < 1.29 is 28.9 Å². The molecule has 0 aliphatic carbocycles. The van der Waals surface area contributed by atoms with Crippen molar-refractivity contribution in [2.24, 2.45) is 0 Å². The molecule has 9 rings (SSSR count). The molecule has 4 heterocycles. The smallest absolute Gasteiger partial charge is 0.147 e. The molecule has 0 aliphatic heterocycles. The van der Waals surface area contributed by atoms with Gasteiger partial charge in [0.2, 0.25) is 0 Å².